The van der Waals surface area contributed by atoms with Crippen molar-refractivity contribution in [3.8, 4) is 5.75 Å². The summed E-state index contributed by atoms with van der Waals surface area (Å²) in [4.78, 5) is 12.6. The van der Waals surface area contributed by atoms with E-state index in [1.807, 2.05) is 41.1 Å². The first kappa shape index (κ1) is 18.7. The fraction of sp³-hybridized carbons (Fsp3) is 0.130. The van der Waals surface area contributed by atoms with Crippen molar-refractivity contribution in [2.24, 2.45) is 0 Å². The van der Waals surface area contributed by atoms with E-state index in [0.717, 1.165) is 22.2 Å². The lowest BCUT2D eigenvalue weighted by molar-refractivity contribution is 0.0951. The van der Waals surface area contributed by atoms with Gasteiger partial charge < -0.3 is 10.1 Å². The maximum absolute atomic E-state index is 13.3. The van der Waals surface area contributed by atoms with E-state index in [1.165, 1.54) is 12.1 Å². The summed E-state index contributed by atoms with van der Waals surface area (Å²) in [6.07, 6.45) is 1.78. The molecule has 1 aromatic heterocycles. The van der Waals surface area contributed by atoms with Crippen LogP contribution in [0, 0.1) is 5.82 Å². The zero-order chi connectivity index (χ0) is 20.2. The number of hydrogen-bond acceptors (Lipinski definition) is 3. The molecule has 0 atom stereocenters. The molecule has 0 fully saturated rings. The van der Waals surface area contributed by atoms with Gasteiger partial charge in [0.2, 0.25) is 0 Å². The number of ether oxygens (including phenoxy) is 1. The molecule has 0 saturated heterocycles. The monoisotopic (exact) mass is 389 g/mol. The predicted octanol–water partition coefficient (Wildman–Crippen LogP) is 4.16. The Kier molecular flexibility index (Phi) is 5.24. The molecule has 0 bridgehead atoms. The second kappa shape index (κ2) is 8.14. The van der Waals surface area contributed by atoms with Gasteiger partial charge in [0.05, 0.1) is 25.4 Å². The Balaban J connectivity index is 1.53. The summed E-state index contributed by atoms with van der Waals surface area (Å²) in [6.45, 7) is 0.826. The van der Waals surface area contributed by atoms with Gasteiger partial charge in [-0.3, -0.25) is 9.48 Å². The van der Waals surface area contributed by atoms with Gasteiger partial charge in [0, 0.05) is 17.5 Å². The van der Waals surface area contributed by atoms with Crippen LogP contribution in [0.3, 0.4) is 0 Å². The lowest BCUT2D eigenvalue weighted by Crippen LogP contribution is -2.22. The normalized spacial score (nSPS) is 10.8. The van der Waals surface area contributed by atoms with Crippen molar-refractivity contribution < 1.29 is 13.9 Å². The van der Waals surface area contributed by atoms with Gasteiger partial charge in [0.1, 0.15) is 11.6 Å². The number of nitrogens with one attached hydrogen (secondary N) is 1. The van der Waals surface area contributed by atoms with E-state index in [2.05, 4.69) is 10.4 Å². The standard InChI is InChI=1S/C23H20FN3O2/c1-29-21-7-3-5-17(11-21)15-27-22-12-18(8-9-19(22)14-26-27)23(28)25-13-16-4-2-6-20(24)10-16/h2-12,14H,13,15H2,1H3,(H,25,28). The molecular formula is C23H20FN3O2. The van der Waals surface area contributed by atoms with E-state index in [9.17, 15) is 9.18 Å². The van der Waals surface area contributed by atoms with E-state index in [0.29, 0.717) is 17.7 Å². The van der Waals surface area contributed by atoms with Gasteiger partial charge in [0.25, 0.3) is 5.91 Å². The molecule has 6 heteroatoms. The van der Waals surface area contributed by atoms with Gasteiger partial charge >= 0.3 is 0 Å². The Labute approximate surface area is 167 Å². The number of methoxy groups -OCH3 is 1. The summed E-state index contributed by atoms with van der Waals surface area (Å²) in [5.41, 5.74) is 3.16. The highest BCUT2D eigenvalue weighted by atomic mass is 19.1. The summed E-state index contributed by atoms with van der Waals surface area (Å²) in [7, 11) is 1.64. The third kappa shape index (κ3) is 4.27. The third-order valence-corrected chi connectivity index (χ3v) is 4.72. The molecule has 0 radical (unpaired) electrons. The Hall–Kier alpha value is -3.67. The minimum Gasteiger partial charge on any atom is -0.497 e. The van der Waals surface area contributed by atoms with Crippen LogP contribution in [0.5, 0.6) is 5.75 Å². The van der Waals surface area contributed by atoms with Crippen LogP contribution in [0.15, 0.2) is 72.9 Å². The summed E-state index contributed by atoms with van der Waals surface area (Å²) >= 11 is 0. The van der Waals surface area contributed by atoms with Crippen LogP contribution < -0.4 is 10.1 Å². The van der Waals surface area contributed by atoms with Gasteiger partial charge in [-0.25, -0.2) is 4.39 Å². The van der Waals surface area contributed by atoms with Crippen LogP contribution in [0.25, 0.3) is 10.9 Å². The lowest BCUT2D eigenvalue weighted by atomic mass is 10.1. The first-order valence-electron chi connectivity index (χ1n) is 9.23. The maximum Gasteiger partial charge on any atom is 0.251 e. The number of amides is 1. The van der Waals surface area contributed by atoms with Crippen LogP contribution in [0.2, 0.25) is 0 Å². The smallest absolute Gasteiger partial charge is 0.251 e. The summed E-state index contributed by atoms with van der Waals surface area (Å²) in [5.74, 6) is 0.251. The molecule has 29 heavy (non-hydrogen) atoms. The molecule has 1 N–H and O–H groups in total. The van der Waals surface area contributed by atoms with Gasteiger partial charge in [-0.2, -0.15) is 5.10 Å². The minimum atomic E-state index is -0.320. The Morgan fingerprint density at radius 2 is 1.90 bits per heavy atom. The van der Waals surface area contributed by atoms with Crippen molar-refractivity contribution in [1.82, 2.24) is 15.1 Å². The predicted molar refractivity (Wildman–Crippen MR) is 109 cm³/mol. The number of rotatable bonds is 6. The molecule has 0 aliphatic heterocycles. The lowest BCUT2D eigenvalue weighted by Gasteiger charge is -2.08. The molecule has 0 saturated carbocycles. The van der Waals surface area contributed by atoms with Crippen LogP contribution in [-0.4, -0.2) is 22.8 Å². The maximum atomic E-state index is 13.3. The molecule has 1 amide bonds. The summed E-state index contributed by atoms with van der Waals surface area (Å²) in [5, 5.41) is 8.24. The number of hydrogen-bond donors (Lipinski definition) is 1. The molecule has 3 aromatic carbocycles. The Morgan fingerprint density at radius 3 is 2.72 bits per heavy atom. The van der Waals surface area contributed by atoms with Crippen LogP contribution in [0.4, 0.5) is 4.39 Å². The SMILES string of the molecule is COc1cccc(Cn2ncc3ccc(C(=O)NCc4cccc(F)c4)cc32)c1. The molecule has 146 valence electrons. The number of aromatic nitrogens is 2. The Morgan fingerprint density at radius 1 is 1.07 bits per heavy atom. The zero-order valence-corrected chi connectivity index (χ0v) is 15.9. The molecular weight excluding hydrogens is 369 g/mol. The molecule has 0 aliphatic rings. The highest BCUT2D eigenvalue weighted by molar-refractivity contribution is 5.97. The van der Waals surface area contributed by atoms with Crippen LogP contribution in [0.1, 0.15) is 21.5 Å². The van der Waals surface area contributed by atoms with Crippen LogP contribution >= 0.6 is 0 Å². The molecule has 0 aliphatic carbocycles. The van der Waals surface area contributed by atoms with E-state index in [1.54, 1.807) is 31.5 Å². The first-order chi connectivity index (χ1) is 14.1. The van der Waals surface area contributed by atoms with Gasteiger partial charge in [-0.15, -0.1) is 0 Å². The van der Waals surface area contributed by atoms with Crippen molar-refractivity contribution in [1.29, 1.82) is 0 Å². The Bertz CT molecular complexity index is 1170. The number of carbonyl (C=O) groups is 1. The second-order valence-corrected chi connectivity index (χ2v) is 6.74. The minimum absolute atomic E-state index is 0.217. The molecule has 4 aromatic rings. The molecule has 1 heterocycles. The van der Waals surface area contributed by atoms with Crippen molar-refractivity contribution in [2.45, 2.75) is 13.1 Å². The quantitative estimate of drug-likeness (QED) is 0.539. The molecule has 5 nitrogen and oxygen atoms in total. The summed E-state index contributed by atoms with van der Waals surface area (Å²) < 4.78 is 20.4. The van der Waals surface area contributed by atoms with Gasteiger partial charge in [-0.05, 0) is 47.5 Å². The van der Waals surface area contributed by atoms with E-state index in [4.69, 9.17) is 4.74 Å². The second-order valence-electron chi connectivity index (χ2n) is 6.74. The topological polar surface area (TPSA) is 56.2 Å². The van der Waals surface area contributed by atoms with Gasteiger partial charge in [-0.1, -0.05) is 30.3 Å². The number of halogens is 1. The number of carbonyl (C=O) groups excluding carboxylic acids is 1. The first-order valence-corrected chi connectivity index (χ1v) is 9.23. The molecule has 0 spiro atoms. The van der Waals surface area contributed by atoms with Crippen LogP contribution in [-0.2, 0) is 13.1 Å². The van der Waals surface area contributed by atoms with Gasteiger partial charge in [0.15, 0.2) is 0 Å². The number of nitrogens with zero attached hydrogens (tertiary/aromatic N) is 2. The van der Waals surface area contributed by atoms with E-state index < -0.39 is 0 Å². The van der Waals surface area contributed by atoms with Crippen molar-refractivity contribution in [2.75, 3.05) is 7.11 Å². The fourth-order valence-electron chi connectivity index (χ4n) is 3.21. The average Bonchev–Trinajstić information content (AvgIpc) is 3.14. The fourth-order valence-corrected chi connectivity index (χ4v) is 3.21. The highest BCUT2D eigenvalue weighted by Crippen LogP contribution is 2.19. The number of benzene rings is 3. The zero-order valence-electron chi connectivity index (χ0n) is 15.9. The largest absolute Gasteiger partial charge is 0.497 e. The van der Waals surface area contributed by atoms with Crippen molar-refractivity contribution >= 4 is 16.8 Å². The molecule has 4 rings (SSSR count). The van der Waals surface area contributed by atoms with E-state index in [-0.39, 0.29) is 18.3 Å². The van der Waals surface area contributed by atoms with E-state index >= 15 is 0 Å². The third-order valence-electron chi connectivity index (χ3n) is 4.72. The summed E-state index contributed by atoms with van der Waals surface area (Å²) in [6, 6.07) is 19.4. The van der Waals surface area contributed by atoms with Crippen molar-refractivity contribution in [3.05, 3.63) is 95.4 Å². The average molecular weight is 389 g/mol. The highest BCUT2D eigenvalue weighted by Gasteiger charge is 2.10. The number of fused-ring (bicyclic) bond motifs is 1. The van der Waals surface area contributed by atoms with Crippen molar-refractivity contribution in [3.63, 3.8) is 0 Å². The molecule has 0 unspecified atom stereocenters.